The number of thioether (sulfide) groups is 2. The van der Waals surface area contributed by atoms with Crippen molar-refractivity contribution < 1.29 is 0 Å². The van der Waals surface area contributed by atoms with Gasteiger partial charge in [-0.25, -0.2) is 0 Å². The quantitative estimate of drug-likeness (QED) is 0.856. The minimum atomic E-state index is 0.642. The van der Waals surface area contributed by atoms with Crippen molar-refractivity contribution in [1.82, 2.24) is 5.32 Å². The molecule has 0 amide bonds. The molecule has 106 valence electrons. The first-order valence-corrected chi connectivity index (χ1v) is 9.39. The van der Waals surface area contributed by atoms with Gasteiger partial charge in [-0.05, 0) is 31.9 Å². The summed E-state index contributed by atoms with van der Waals surface area (Å²) in [6, 6.07) is 11.5. The standard InChI is InChI=1S/C16H25NS2/c1-3-15-16(19-12-11-18-15)14(17-2)10-9-13-7-5-4-6-8-13/h4-8,14-17H,3,9-12H2,1-2H3. The van der Waals surface area contributed by atoms with E-state index in [4.69, 9.17) is 0 Å². The average Bonchev–Trinajstić information content (AvgIpc) is 2.49. The van der Waals surface area contributed by atoms with Crippen LogP contribution in [-0.4, -0.2) is 35.1 Å². The maximum atomic E-state index is 3.57. The third-order valence-corrected chi connectivity index (χ3v) is 7.26. The van der Waals surface area contributed by atoms with Crippen LogP contribution in [0.4, 0.5) is 0 Å². The Morgan fingerprint density at radius 3 is 2.63 bits per heavy atom. The molecule has 3 atom stereocenters. The highest BCUT2D eigenvalue weighted by molar-refractivity contribution is 8.07. The lowest BCUT2D eigenvalue weighted by Gasteiger charge is -2.36. The highest BCUT2D eigenvalue weighted by Crippen LogP contribution is 2.36. The van der Waals surface area contributed by atoms with E-state index >= 15 is 0 Å². The largest absolute Gasteiger partial charge is 0.316 e. The van der Waals surface area contributed by atoms with Crippen LogP contribution in [0.5, 0.6) is 0 Å². The zero-order chi connectivity index (χ0) is 13.5. The van der Waals surface area contributed by atoms with Crippen molar-refractivity contribution in [2.24, 2.45) is 0 Å². The Bertz CT molecular complexity index is 355. The molecule has 1 N–H and O–H groups in total. The minimum absolute atomic E-state index is 0.642. The molecule has 1 aliphatic rings. The van der Waals surface area contributed by atoms with Crippen molar-refractivity contribution >= 4 is 23.5 Å². The summed E-state index contributed by atoms with van der Waals surface area (Å²) in [6.45, 7) is 2.33. The molecule has 0 saturated carbocycles. The molecule has 0 aliphatic carbocycles. The van der Waals surface area contributed by atoms with Gasteiger partial charge in [0, 0.05) is 28.0 Å². The van der Waals surface area contributed by atoms with Gasteiger partial charge in [0.05, 0.1) is 0 Å². The van der Waals surface area contributed by atoms with Crippen LogP contribution in [0.25, 0.3) is 0 Å². The summed E-state index contributed by atoms with van der Waals surface area (Å²) in [7, 11) is 2.13. The normalized spacial score (nSPS) is 25.2. The van der Waals surface area contributed by atoms with E-state index in [-0.39, 0.29) is 0 Å². The Hall–Kier alpha value is -0.120. The lowest BCUT2D eigenvalue weighted by Crippen LogP contribution is -2.43. The number of aryl methyl sites for hydroxylation is 1. The zero-order valence-corrected chi connectivity index (χ0v) is 13.6. The average molecular weight is 296 g/mol. The van der Waals surface area contributed by atoms with Crippen molar-refractivity contribution in [3.63, 3.8) is 0 Å². The smallest absolute Gasteiger partial charge is 0.0320 e. The molecular formula is C16H25NS2. The molecule has 3 unspecified atom stereocenters. The van der Waals surface area contributed by atoms with Gasteiger partial charge in [0.2, 0.25) is 0 Å². The van der Waals surface area contributed by atoms with Gasteiger partial charge in [0.15, 0.2) is 0 Å². The second-order valence-electron chi connectivity index (χ2n) is 5.07. The summed E-state index contributed by atoms with van der Waals surface area (Å²) < 4.78 is 0. The second kappa shape index (κ2) is 8.23. The van der Waals surface area contributed by atoms with Gasteiger partial charge in [-0.1, -0.05) is 37.3 Å². The van der Waals surface area contributed by atoms with Crippen LogP contribution in [0.3, 0.4) is 0 Å². The molecule has 1 fully saturated rings. The first-order chi connectivity index (χ1) is 9.35. The fourth-order valence-electron chi connectivity index (χ4n) is 2.75. The Morgan fingerprint density at radius 1 is 1.21 bits per heavy atom. The fraction of sp³-hybridized carbons (Fsp3) is 0.625. The molecule has 0 aromatic heterocycles. The molecular weight excluding hydrogens is 270 g/mol. The van der Waals surface area contributed by atoms with E-state index in [1.807, 2.05) is 0 Å². The van der Waals surface area contributed by atoms with Gasteiger partial charge >= 0.3 is 0 Å². The predicted molar refractivity (Wildman–Crippen MR) is 90.4 cm³/mol. The first kappa shape index (κ1) is 15.3. The van der Waals surface area contributed by atoms with Gasteiger partial charge < -0.3 is 5.32 Å². The number of nitrogens with one attached hydrogen (secondary N) is 1. The number of rotatable bonds is 6. The lowest BCUT2D eigenvalue weighted by molar-refractivity contribution is 0.488. The van der Waals surface area contributed by atoms with Crippen LogP contribution in [0.15, 0.2) is 30.3 Å². The molecule has 0 bridgehead atoms. The number of hydrogen-bond acceptors (Lipinski definition) is 3. The van der Waals surface area contributed by atoms with Crippen molar-refractivity contribution in [1.29, 1.82) is 0 Å². The van der Waals surface area contributed by atoms with Crippen LogP contribution in [0, 0.1) is 0 Å². The van der Waals surface area contributed by atoms with Crippen molar-refractivity contribution in [3.8, 4) is 0 Å². The summed E-state index contributed by atoms with van der Waals surface area (Å²) in [4.78, 5) is 0. The molecule has 3 heteroatoms. The fourth-order valence-corrected chi connectivity index (χ4v) is 6.09. The maximum absolute atomic E-state index is 3.57. The lowest BCUT2D eigenvalue weighted by atomic mass is 10.0. The summed E-state index contributed by atoms with van der Waals surface area (Å²) in [5.74, 6) is 2.64. The number of benzene rings is 1. The summed E-state index contributed by atoms with van der Waals surface area (Å²) in [6.07, 6.45) is 3.73. The van der Waals surface area contributed by atoms with Crippen LogP contribution in [0.2, 0.25) is 0 Å². The summed E-state index contributed by atoms with van der Waals surface area (Å²) in [5.41, 5.74) is 1.46. The van der Waals surface area contributed by atoms with E-state index in [1.165, 1.54) is 36.3 Å². The van der Waals surface area contributed by atoms with Crippen molar-refractivity contribution in [2.75, 3.05) is 18.6 Å². The molecule has 2 rings (SSSR count). The highest BCUT2D eigenvalue weighted by Gasteiger charge is 2.30. The van der Waals surface area contributed by atoms with Gasteiger partial charge in [-0.15, -0.1) is 0 Å². The molecule has 19 heavy (non-hydrogen) atoms. The molecule has 1 aromatic carbocycles. The van der Waals surface area contributed by atoms with Crippen molar-refractivity contribution in [2.45, 2.75) is 42.7 Å². The van der Waals surface area contributed by atoms with Gasteiger partial charge in [0.1, 0.15) is 0 Å². The summed E-state index contributed by atoms with van der Waals surface area (Å²) >= 11 is 4.36. The topological polar surface area (TPSA) is 12.0 Å². The van der Waals surface area contributed by atoms with Crippen LogP contribution in [0.1, 0.15) is 25.3 Å². The van der Waals surface area contributed by atoms with E-state index in [2.05, 4.69) is 73.1 Å². The van der Waals surface area contributed by atoms with Gasteiger partial charge in [-0.3, -0.25) is 0 Å². The molecule has 1 nitrogen and oxygen atoms in total. The molecule has 1 aliphatic heterocycles. The zero-order valence-electron chi connectivity index (χ0n) is 12.0. The third kappa shape index (κ3) is 4.44. The monoisotopic (exact) mass is 295 g/mol. The Balaban J connectivity index is 1.91. The molecule has 1 aromatic rings. The molecule has 1 heterocycles. The highest BCUT2D eigenvalue weighted by atomic mass is 32.2. The van der Waals surface area contributed by atoms with Gasteiger partial charge in [-0.2, -0.15) is 23.5 Å². The van der Waals surface area contributed by atoms with Crippen molar-refractivity contribution in [3.05, 3.63) is 35.9 Å². The minimum Gasteiger partial charge on any atom is -0.316 e. The van der Waals surface area contributed by atoms with Crippen LogP contribution < -0.4 is 5.32 Å². The maximum Gasteiger partial charge on any atom is 0.0320 e. The van der Waals surface area contributed by atoms with E-state index in [9.17, 15) is 0 Å². The molecule has 0 spiro atoms. The Kier molecular flexibility index (Phi) is 6.62. The second-order valence-corrected chi connectivity index (χ2v) is 7.71. The summed E-state index contributed by atoms with van der Waals surface area (Å²) in [5, 5.41) is 5.17. The van der Waals surface area contributed by atoms with Crippen LogP contribution in [-0.2, 0) is 6.42 Å². The first-order valence-electron chi connectivity index (χ1n) is 7.29. The Morgan fingerprint density at radius 2 is 1.95 bits per heavy atom. The van der Waals surface area contributed by atoms with Gasteiger partial charge in [0.25, 0.3) is 0 Å². The predicted octanol–water partition coefficient (Wildman–Crippen LogP) is 3.83. The molecule has 0 radical (unpaired) electrons. The van der Waals surface area contributed by atoms with Crippen LogP contribution >= 0.6 is 23.5 Å². The number of hydrogen-bond donors (Lipinski definition) is 1. The van der Waals surface area contributed by atoms with E-state index in [1.54, 1.807) is 0 Å². The molecule has 1 saturated heterocycles. The Labute approximate surface area is 126 Å². The third-order valence-electron chi connectivity index (χ3n) is 3.85. The van der Waals surface area contributed by atoms with E-state index in [0.29, 0.717) is 6.04 Å². The van der Waals surface area contributed by atoms with E-state index in [0.717, 1.165) is 10.5 Å². The SMILES string of the molecule is CCC1SCCSC1C(CCc1ccccc1)NC. The van der Waals surface area contributed by atoms with E-state index < -0.39 is 0 Å².